The van der Waals surface area contributed by atoms with Crippen molar-refractivity contribution < 1.29 is 26.3 Å². The number of hydrogen-bond donors (Lipinski definition) is 0. The number of alkyl halides is 6. The van der Waals surface area contributed by atoms with Crippen LogP contribution in [0.5, 0.6) is 0 Å². The Bertz CT molecular complexity index is 2210. The van der Waals surface area contributed by atoms with E-state index in [4.69, 9.17) is 0 Å². The van der Waals surface area contributed by atoms with Crippen LogP contribution in [0.1, 0.15) is 114 Å². The quantitative estimate of drug-likeness (QED) is 0.164. The zero-order valence-electron chi connectivity index (χ0n) is 31.4. The van der Waals surface area contributed by atoms with Crippen LogP contribution in [-0.2, 0) is 23.2 Å². The summed E-state index contributed by atoms with van der Waals surface area (Å²) in [4.78, 5) is 0. The molecule has 6 rings (SSSR count). The van der Waals surface area contributed by atoms with Crippen LogP contribution in [0.2, 0.25) is 0 Å². The topological polar surface area (TPSA) is 0 Å². The highest BCUT2D eigenvalue weighted by atomic mass is 19.4. The van der Waals surface area contributed by atoms with Gasteiger partial charge in [0.05, 0.1) is 11.1 Å². The lowest BCUT2D eigenvalue weighted by atomic mass is 9.75. The van der Waals surface area contributed by atoms with Crippen molar-refractivity contribution in [3.05, 3.63) is 145 Å². The highest BCUT2D eigenvalue weighted by Crippen LogP contribution is 2.44. The van der Waals surface area contributed by atoms with Crippen molar-refractivity contribution in [3.8, 4) is 11.1 Å². The maximum atomic E-state index is 14.3. The molecule has 0 nitrogen and oxygen atoms in total. The Morgan fingerprint density at radius 2 is 1.15 bits per heavy atom. The summed E-state index contributed by atoms with van der Waals surface area (Å²) < 4.78 is 85.5. The molecule has 0 heterocycles. The first kappa shape index (κ1) is 37.4. The van der Waals surface area contributed by atoms with Crippen molar-refractivity contribution in [1.29, 1.82) is 0 Å². The molecule has 0 saturated carbocycles. The summed E-state index contributed by atoms with van der Waals surface area (Å²) in [6.45, 7) is 21.2. The van der Waals surface area contributed by atoms with Gasteiger partial charge in [0.2, 0.25) is 0 Å². The van der Waals surface area contributed by atoms with E-state index in [1.54, 1.807) is 12.1 Å². The summed E-state index contributed by atoms with van der Waals surface area (Å²) in [6, 6.07) is 18.1. The van der Waals surface area contributed by atoms with Crippen molar-refractivity contribution >= 4 is 17.2 Å². The van der Waals surface area contributed by atoms with E-state index < -0.39 is 28.9 Å². The predicted octanol–water partition coefficient (Wildman–Crippen LogP) is 12.3. The summed E-state index contributed by atoms with van der Waals surface area (Å²) in [5.74, 6) is -0.00381. The fourth-order valence-electron chi connectivity index (χ4n) is 7.43. The van der Waals surface area contributed by atoms with Gasteiger partial charge in [-0.2, -0.15) is 26.3 Å². The van der Waals surface area contributed by atoms with Crippen LogP contribution in [0.25, 0.3) is 28.3 Å². The molecule has 1 radical (unpaired) electrons. The van der Waals surface area contributed by atoms with Gasteiger partial charge < -0.3 is 0 Å². The Labute approximate surface area is 303 Å². The molecular formula is C46H45F6. The van der Waals surface area contributed by atoms with Gasteiger partial charge in [0, 0.05) is 5.92 Å². The van der Waals surface area contributed by atoms with Crippen LogP contribution in [0, 0.1) is 11.3 Å². The molecule has 0 bridgehead atoms. The molecule has 0 aromatic heterocycles. The zero-order chi connectivity index (χ0) is 38.3. The summed E-state index contributed by atoms with van der Waals surface area (Å²) in [5.41, 5.74) is 5.85. The second kappa shape index (κ2) is 12.4. The Balaban J connectivity index is 1.88. The fraction of sp³-hybridized carbons (Fsp3) is 0.348. The number of fused-ring (bicyclic) bond motifs is 3. The van der Waals surface area contributed by atoms with E-state index in [1.165, 1.54) is 17.7 Å². The monoisotopic (exact) mass is 711 g/mol. The van der Waals surface area contributed by atoms with Crippen molar-refractivity contribution in [2.45, 2.75) is 92.4 Å². The second-order valence-corrected chi connectivity index (χ2v) is 17.3. The average Bonchev–Trinajstić information content (AvgIpc) is 3.59. The van der Waals surface area contributed by atoms with Crippen LogP contribution in [0.15, 0.2) is 90.5 Å². The molecule has 4 aromatic rings. The number of allylic oxidation sites excluding steroid dienone is 4. The molecule has 4 aromatic carbocycles. The first-order chi connectivity index (χ1) is 23.9. The maximum Gasteiger partial charge on any atom is 0.416 e. The Hall–Kier alpha value is -4.32. The van der Waals surface area contributed by atoms with Gasteiger partial charge in [-0.05, 0) is 130 Å². The van der Waals surface area contributed by atoms with Crippen LogP contribution >= 0.6 is 0 Å². The first-order valence-electron chi connectivity index (χ1n) is 17.7. The van der Waals surface area contributed by atoms with Crippen molar-refractivity contribution in [1.82, 2.24) is 0 Å². The smallest absolute Gasteiger partial charge is 0.166 e. The minimum atomic E-state index is -4.66. The third-order valence-corrected chi connectivity index (χ3v) is 10.1. The first-order valence-corrected chi connectivity index (χ1v) is 17.7. The molecule has 271 valence electrons. The molecule has 1 atom stereocenters. The molecule has 0 amide bonds. The molecule has 0 fully saturated rings. The molecule has 1 unspecified atom stereocenters. The van der Waals surface area contributed by atoms with Gasteiger partial charge in [-0.25, -0.2) is 0 Å². The van der Waals surface area contributed by atoms with E-state index in [9.17, 15) is 26.3 Å². The van der Waals surface area contributed by atoms with Crippen molar-refractivity contribution in [3.63, 3.8) is 0 Å². The van der Waals surface area contributed by atoms with Crippen LogP contribution < -0.4 is 10.4 Å². The summed E-state index contributed by atoms with van der Waals surface area (Å²) in [7, 11) is 0. The second-order valence-electron chi connectivity index (χ2n) is 17.3. The molecule has 0 N–H and O–H groups in total. The highest BCUT2D eigenvalue weighted by molar-refractivity contribution is 5.92. The third kappa shape index (κ3) is 6.93. The Kier molecular flexibility index (Phi) is 8.92. The largest absolute Gasteiger partial charge is 0.416 e. The number of rotatable bonds is 3. The van der Waals surface area contributed by atoms with Gasteiger partial charge in [0.25, 0.3) is 0 Å². The van der Waals surface area contributed by atoms with Gasteiger partial charge in [0.1, 0.15) is 0 Å². The molecule has 2 aliphatic rings. The number of benzene rings is 4. The normalized spacial score (nSPS) is 16.3. The number of hydrogen-bond acceptors (Lipinski definition) is 0. The van der Waals surface area contributed by atoms with Crippen molar-refractivity contribution in [2.24, 2.45) is 11.3 Å². The number of halogens is 6. The average molecular weight is 712 g/mol. The van der Waals surface area contributed by atoms with Gasteiger partial charge in [-0.1, -0.05) is 118 Å². The summed E-state index contributed by atoms with van der Waals surface area (Å²) in [5, 5.41) is 1.48. The summed E-state index contributed by atoms with van der Waals surface area (Å²) >= 11 is 0. The van der Waals surface area contributed by atoms with Crippen LogP contribution in [0.4, 0.5) is 26.3 Å². The van der Waals surface area contributed by atoms with Gasteiger partial charge in [-0.15, -0.1) is 0 Å². The third-order valence-electron chi connectivity index (χ3n) is 10.1. The van der Waals surface area contributed by atoms with Crippen molar-refractivity contribution in [2.75, 3.05) is 0 Å². The lowest BCUT2D eigenvalue weighted by Crippen LogP contribution is -2.33. The zero-order valence-corrected chi connectivity index (χ0v) is 31.4. The highest BCUT2D eigenvalue weighted by Gasteiger charge is 2.35. The van der Waals surface area contributed by atoms with E-state index in [0.29, 0.717) is 10.8 Å². The van der Waals surface area contributed by atoms with E-state index in [-0.39, 0.29) is 27.9 Å². The van der Waals surface area contributed by atoms with Crippen LogP contribution in [-0.4, -0.2) is 0 Å². The van der Waals surface area contributed by atoms with E-state index in [1.807, 2.05) is 6.07 Å². The standard InChI is InChI=1S/C46H45F6/c1-26-19-33(43(5,6)7)24-35(26)40-37-23-29-22-30(42(2,3)4)17-18-34(29)36(37)25-38(41(40)44(8,9)10)39(27-13-11-15-31(20-27)45(47,48)49)28-14-12-16-32(21-28)46(50,51)52/h11-22,24-26H,1-10H3. The molecular weight excluding hydrogens is 666 g/mol. The molecule has 52 heavy (non-hydrogen) atoms. The lowest BCUT2D eigenvalue weighted by Gasteiger charge is -2.29. The van der Waals surface area contributed by atoms with Gasteiger partial charge in [0.15, 0.2) is 0 Å². The summed E-state index contributed by atoms with van der Waals surface area (Å²) in [6.07, 6.45) is -1.08. The predicted molar refractivity (Wildman–Crippen MR) is 200 cm³/mol. The minimum absolute atomic E-state index is 0.00381. The molecule has 0 spiro atoms. The molecule has 0 aliphatic heterocycles. The molecule has 2 aliphatic carbocycles. The minimum Gasteiger partial charge on any atom is -0.166 e. The van der Waals surface area contributed by atoms with E-state index in [2.05, 4.69) is 106 Å². The van der Waals surface area contributed by atoms with E-state index in [0.717, 1.165) is 68.4 Å². The van der Waals surface area contributed by atoms with Gasteiger partial charge >= 0.3 is 12.4 Å². The van der Waals surface area contributed by atoms with Crippen LogP contribution in [0.3, 0.4) is 0 Å². The lowest BCUT2D eigenvalue weighted by molar-refractivity contribution is -0.138. The maximum absolute atomic E-state index is 14.3. The fourth-order valence-corrected chi connectivity index (χ4v) is 7.43. The molecule has 6 heteroatoms. The van der Waals surface area contributed by atoms with Gasteiger partial charge in [-0.3, -0.25) is 0 Å². The SMILES string of the molecule is CC1C=C(C(C)(C)C)C=C1c1c(C(C)(C)C)c(=C(c2cccc(C(F)(F)F)c2)c2cccc(C(F)(F)F)c2)cc2c1=[C]c1cc(C(C)(C)C)ccc1-2. The Morgan fingerprint density at radius 1 is 0.596 bits per heavy atom. The van der Waals surface area contributed by atoms with E-state index >= 15 is 0 Å². The molecule has 0 saturated heterocycles. The Morgan fingerprint density at radius 3 is 1.62 bits per heavy atom.